The third-order valence-electron chi connectivity index (χ3n) is 8.17. The van der Waals surface area contributed by atoms with Gasteiger partial charge in [0, 0.05) is 24.3 Å². The van der Waals surface area contributed by atoms with Crippen LogP contribution in [0.2, 0.25) is 0 Å². The van der Waals surface area contributed by atoms with Crippen LogP contribution in [-0.2, 0) is 11.2 Å². The van der Waals surface area contributed by atoms with E-state index in [1.165, 1.54) is 36.1 Å². The molecule has 1 aliphatic heterocycles. The lowest BCUT2D eigenvalue weighted by Gasteiger charge is -2.61. The van der Waals surface area contributed by atoms with Crippen molar-refractivity contribution in [1.29, 1.82) is 0 Å². The van der Waals surface area contributed by atoms with Gasteiger partial charge in [0.2, 0.25) is 5.91 Å². The number of amides is 1. The molecule has 156 valence electrons. The minimum atomic E-state index is -0.132. The molecule has 1 saturated heterocycles. The van der Waals surface area contributed by atoms with E-state index in [9.17, 15) is 9.18 Å². The quantitative estimate of drug-likeness (QED) is 0.709. The van der Waals surface area contributed by atoms with E-state index < -0.39 is 0 Å². The van der Waals surface area contributed by atoms with Crippen molar-refractivity contribution >= 4 is 17.3 Å². The highest BCUT2D eigenvalue weighted by Gasteiger charge is 2.57. The zero-order chi connectivity index (χ0) is 20.6. The van der Waals surface area contributed by atoms with Gasteiger partial charge in [-0.15, -0.1) is 0 Å². The number of benzene rings is 2. The summed E-state index contributed by atoms with van der Waals surface area (Å²) in [6, 6.07) is 10.0. The molecule has 4 bridgehead atoms. The van der Waals surface area contributed by atoms with Crippen LogP contribution in [0.4, 0.5) is 15.8 Å². The van der Waals surface area contributed by atoms with E-state index in [0.717, 1.165) is 42.1 Å². The average Bonchev–Trinajstić information content (AvgIpc) is 2.97. The highest BCUT2D eigenvalue weighted by atomic mass is 19.1. The molecule has 1 heterocycles. The number of carbonyl (C=O) groups is 1. The normalized spacial score (nSPS) is 30.4. The molecule has 3 nitrogen and oxygen atoms in total. The lowest BCUT2D eigenvalue weighted by Crippen LogP contribution is -2.53. The van der Waals surface area contributed by atoms with E-state index >= 15 is 0 Å². The lowest BCUT2D eigenvalue weighted by molar-refractivity contribution is -0.139. The van der Waals surface area contributed by atoms with Crippen LogP contribution in [0.25, 0.3) is 0 Å². The fourth-order valence-electron chi connectivity index (χ4n) is 6.74. The van der Waals surface area contributed by atoms with Crippen LogP contribution in [0.5, 0.6) is 0 Å². The van der Waals surface area contributed by atoms with Crippen molar-refractivity contribution in [2.75, 3.05) is 16.8 Å². The largest absolute Gasteiger partial charge is 0.364 e. The molecule has 0 aromatic heterocycles. The average molecular weight is 405 g/mol. The second-order valence-electron chi connectivity index (χ2n) is 10.5. The summed E-state index contributed by atoms with van der Waals surface area (Å²) >= 11 is 0. The van der Waals surface area contributed by atoms with E-state index in [1.807, 2.05) is 6.07 Å². The van der Waals surface area contributed by atoms with Crippen molar-refractivity contribution in [3.05, 3.63) is 58.4 Å². The first kappa shape index (κ1) is 18.4. The second-order valence-corrected chi connectivity index (χ2v) is 10.5. The number of rotatable bonds is 4. The van der Waals surface area contributed by atoms with Crippen molar-refractivity contribution < 1.29 is 9.18 Å². The number of hydrogen-bond donors (Lipinski definition) is 1. The molecule has 3 saturated carbocycles. The number of halogens is 1. The molecular formula is C26H29FN2O. The third-order valence-corrected chi connectivity index (χ3v) is 8.17. The van der Waals surface area contributed by atoms with Crippen molar-refractivity contribution in [2.45, 2.75) is 58.4 Å². The molecule has 4 heteroatoms. The van der Waals surface area contributed by atoms with Crippen molar-refractivity contribution in [1.82, 2.24) is 0 Å². The number of anilines is 2. The minimum Gasteiger partial charge on any atom is -0.364 e. The number of carbonyl (C=O) groups excluding carboxylic acids is 1. The van der Waals surface area contributed by atoms with Gasteiger partial charge in [0.25, 0.3) is 0 Å². The predicted octanol–water partition coefficient (Wildman–Crippen LogP) is 5.69. The molecule has 2 atom stereocenters. The smallest absolute Gasteiger partial charge is 0.224 e. The molecule has 2 aromatic rings. The van der Waals surface area contributed by atoms with E-state index in [4.69, 9.17) is 0 Å². The molecule has 0 spiro atoms. The Morgan fingerprint density at radius 3 is 2.53 bits per heavy atom. The standard InChI is InChI=1S/C26H29FN2O/c1-15-5-21(6-16(2)25(15)28-24(30)13-26-10-18(11-26)12-26)29-14-17-7-19-9-20(27)3-4-22(19)23(29)8-17/h3-6,9,17-18,23H,7-8,10-14H2,1-2H3,(H,28,30). The minimum absolute atomic E-state index is 0.132. The van der Waals surface area contributed by atoms with Crippen LogP contribution in [0.15, 0.2) is 30.3 Å². The topological polar surface area (TPSA) is 32.3 Å². The van der Waals surface area contributed by atoms with Crippen molar-refractivity contribution in [3.63, 3.8) is 0 Å². The van der Waals surface area contributed by atoms with Gasteiger partial charge >= 0.3 is 0 Å². The summed E-state index contributed by atoms with van der Waals surface area (Å²) in [5, 5.41) is 3.21. The number of fused-ring (bicyclic) bond motifs is 4. The van der Waals surface area contributed by atoms with Gasteiger partial charge in [-0.2, -0.15) is 0 Å². The van der Waals surface area contributed by atoms with E-state index in [1.54, 1.807) is 12.1 Å². The van der Waals surface area contributed by atoms with Gasteiger partial charge in [-0.25, -0.2) is 4.39 Å². The molecule has 1 N–H and O–H groups in total. The van der Waals surface area contributed by atoms with Crippen LogP contribution in [0, 0.1) is 36.9 Å². The van der Waals surface area contributed by atoms with Crippen LogP contribution in [0.3, 0.4) is 0 Å². The lowest BCUT2D eigenvalue weighted by atomic mass is 9.43. The Kier molecular flexibility index (Phi) is 3.88. The van der Waals surface area contributed by atoms with Gasteiger partial charge < -0.3 is 10.2 Å². The Labute approximate surface area is 177 Å². The summed E-state index contributed by atoms with van der Waals surface area (Å²) in [5.41, 5.74) is 7.21. The van der Waals surface area contributed by atoms with Crippen molar-refractivity contribution in [3.8, 4) is 0 Å². The Hall–Kier alpha value is -2.36. The Bertz CT molecular complexity index is 1020. The maximum absolute atomic E-state index is 13.7. The molecule has 2 aromatic carbocycles. The van der Waals surface area contributed by atoms with E-state index in [-0.39, 0.29) is 11.7 Å². The highest BCUT2D eigenvalue weighted by Crippen LogP contribution is 2.66. The third kappa shape index (κ3) is 2.79. The molecule has 1 amide bonds. The van der Waals surface area contributed by atoms with Gasteiger partial charge in [0.15, 0.2) is 0 Å². The molecule has 4 fully saturated rings. The first-order valence-corrected chi connectivity index (χ1v) is 11.4. The Morgan fingerprint density at radius 2 is 1.87 bits per heavy atom. The summed E-state index contributed by atoms with van der Waals surface area (Å²) in [6.07, 6.45) is 6.53. The monoisotopic (exact) mass is 404 g/mol. The molecular weight excluding hydrogens is 375 g/mol. The Balaban J connectivity index is 1.24. The van der Waals surface area contributed by atoms with E-state index in [0.29, 0.717) is 23.8 Å². The molecule has 7 rings (SSSR count). The van der Waals surface area contributed by atoms with E-state index in [2.05, 4.69) is 36.2 Å². The highest BCUT2D eigenvalue weighted by molar-refractivity contribution is 5.93. The molecule has 0 radical (unpaired) electrons. The first-order chi connectivity index (χ1) is 14.4. The summed E-state index contributed by atoms with van der Waals surface area (Å²) in [6.45, 7) is 5.20. The van der Waals surface area contributed by atoms with Crippen LogP contribution in [-0.4, -0.2) is 12.5 Å². The predicted molar refractivity (Wildman–Crippen MR) is 117 cm³/mol. The molecule has 2 unspecified atom stereocenters. The van der Waals surface area contributed by atoms with Gasteiger partial charge in [-0.05, 0) is 110 Å². The summed E-state index contributed by atoms with van der Waals surface area (Å²) in [5.74, 6) is 1.52. The zero-order valence-electron chi connectivity index (χ0n) is 17.8. The second kappa shape index (κ2) is 6.32. The fraction of sp³-hybridized carbons (Fsp3) is 0.500. The van der Waals surface area contributed by atoms with Gasteiger partial charge in [0.05, 0.1) is 6.04 Å². The Morgan fingerprint density at radius 1 is 1.13 bits per heavy atom. The summed E-state index contributed by atoms with van der Waals surface area (Å²) < 4.78 is 13.7. The van der Waals surface area contributed by atoms with Crippen LogP contribution >= 0.6 is 0 Å². The summed E-state index contributed by atoms with van der Waals surface area (Å²) in [7, 11) is 0. The first-order valence-electron chi connectivity index (χ1n) is 11.4. The van der Waals surface area contributed by atoms with Gasteiger partial charge in [-0.1, -0.05) is 6.07 Å². The van der Waals surface area contributed by atoms with Crippen LogP contribution < -0.4 is 10.2 Å². The summed E-state index contributed by atoms with van der Waals surface area (Å²) in [4.78, 5) is 15.1. The maximum Gasteiger partial charge on any atom is 0.224 e. The number of nitrogens with one attached hydrogen (secondary N) is 1. The number of nitrogens with zero attached hydrogens (tertiary/aromatic N) is 1. The molecule has 4 aliphatic carbocycles. The number of hydrogen-bond acceptors (Lipinski definition) is 2. The zero-order valence-corrected chi connectivity index (χ0v) is 17.8. The SMILES string of the molecule is Cc1cc(N2CC3Cc4cc(F)ccc4C2C3)cc(C)c1NC(=O)CC12CC(C1)C2. The fourth-order valence-corrected chi connectivity index (χ4v) is 6.74. The number of aryl methyl sites for hydroxylation is 2. The maximum atomic E-state index is 13.7. The van der Waals surface area contributed by atoms with Crippen LogP contribution in [0.1, 0.15) is 60.4 Å². The van der Waals surface area contributed by atoms with Crippen molar-refractivity contribution in [2.24, 2.45) is 17.3 Å². The van der Waals surface area contributed by atoms with Gasteiger partial charge in [-0.3, -0.25) is 4.79 Å². The van der Waals surface area contributed by atoms with Gasteiger partial charge in [0.1, 0.15) is 5.82 Å². The molecule has 30 heavy (non-hydrogen) atoms. The molecule has 5 aliphatic rings.